The van der Waals surface area contributed by atoms with Crippen molar-refractivity contribution < 1.29 is 14.7 Å². The molecule has 0 atom stereocenters. The average molecular weight is 249 g/mol. The Bertz CT molecular complexity index is 453. The third-order valence-electron chi connectivity index (χ3n) is 3.05. The normalized spacial score (nSPS) is 21.9. The van der Waals surface area contributed by atoms with Crippen LogP contribution in [0.1, 0.15) is 19.4 Å². The van der Waals surface area contributed by atoms with Crippen molar-refractivity contribution in [1.82, 2.24) is 5.06 Å². The number of hydrogen-bond donors (Lipinski definition) is 0. The van der Waals surface area contributed by atoms with Gasteiger partial charge in [0.2, 0.25) is 0 Å². The van der Waals surface area contributed by atoms with Crippen molar-refractivity contribution in [1.29, 1.82) is 0 Å². The van der Waals surface area contributed by atoms with Crippen LogP contribution in [0.4, 0.5) is 0 Å². The Morgan fingerprint density at radius 3 is 2.17 bits per heavy atom. The van der Waals surface area contributed by atoms with Gasteiger partial charge in [-0.25, -0.2) is 0 Å². The van der Waals surface area contributed by atoms with Crippen molar-refractivity contribution in [2.45, 2.75) is 25.4 Å². The smallest absolute Gasteiger partial charge is 0.302 e. The van der Waals surface area contributed by atoms with E-state index in [4.69, 9.17) is 9.47 Å². The Balaban J connectivity index is 2.56. The van der Waals surface area contributed by atoms with Gasteiger partial charge in [0, 0.05) is 19.8 Å². The van der Waals surface area contributed by atoms with Crippen LogP contribution in [0.5, 0.6) is 0 Å². The van der Waals surface area contributed by atoms with Gasteiger partial charge in [0.05, 0.1) is 0 Å². The predicted molar refractivity (Wildman–Crippen MR) is 66.3 cm³/mol. The summed E-state index contributed by atoms with van der Waals surface area (Å²) in [4.78, 5) is 4.45. The van der Waals surface area contributed by atoms with Gasteiger partial charge in [-0.05, 0) is 13.8 Å². The monoisotopic (exact) mass is 249 g/mol. The van der Waals surface area contributed by atoms with Gasteiger partial charge in [-0.15, -0.1) is 5.21 Å². The van der Waals surface area contributed by atoms with Gasteiger partial charge in [0.15, 0.2) is 0 Å². The second-order valence-corrected chi connectivity index (χ2v) is 4.61. The number of rotatable bonds is 3. The van der Waals surface area contributed by atoms with Crippen LogP contribution in [0.25, 0.3) is 0 Å². The van der Waals surface area contributed by atoms with E-state index in [1.165, 1.54) is 14.2 Å². The molecule has 2 rings (SSSR count). The maximum absolute atomic E-state index is 12.3. The van der Waals surface area contributed by atoms with Crippen molar-refractivity contribution in [2.75, 3.05) is 14.2 Å². The molecule has 1 radical (unpaired) electrons. The highest BCUT2D eigenvalue weighted by Crippen LogP contribution is 2.37. The van der Waals surface area contributed by atoms with E-state index in [0.717, 1.165) is 10.6 Å². The van der Waals surface area contributed by atoms with Gasteiger partial charge < -0.3 is 9.47 Å². The highest BCUT2D eigenvalue weighted by Gasteiger charge is 2.56. The molecule has 5 heteroatoms. The van der Waals surface area contributed by atoms with Crippen LogP contribution >= 0.6 is 0 Å². The molecule has 0 spiro atoms. The molecule has 0 aromatic heterocycles. The van der Waals surface area contributed by atoms with Crippen molar-refractivity contribution >= 4 is 5.71 Å². The highest BCUT2D eigenvalue weighted by molar-refractivity contribution is 6.06. The van der Waals surface area contributed by atoms with Gasteiger partial charge in [-0.2, -0.15) is 0 Å². The summed E-state index contributed by atoms with van der Waals surface area (Å²) in [5, 5.41) is 13.1. The fourth-order valence-corrected chi connectivity index (χ4v) is 2.13. The lowest BCUT2D eigenvalue weighted by molar-refractivity contribution is -0.385. The van der Waals surface area contributed by atoms with Gasteiger partial charge in [-0.3, -0.25) is 4.99 Å². The van der Waals surface area contributed by atoms with Crippen LogP contribution < -0.4 is 0 Å². The quantitative estimate of drug-likeness (QED) is 0.768. The highest BCUT2D eigenvalue weighted by atomic mass is 16.8. The van der Waals surface area contributed by atoms with E-state index < -0.39 is 11.6 Å². The number of hydrogen-bond acceptors (Lipinski definition) is 4. The predicted octanol–water partition coefficient (Wildman–Crippen LogP) is 1.82. The second kappa shape index (κ2) is 4.44. The van der Waals surface area contributed by atoms with Crippen LogP contribution in [0, 0.1) is 0 Å². The maximum Gasteiger partial charge on any atom is 0.302 e. The third kappa shape index (κ3) is 1.76. The van der Waals surface area contributed by atoms with E-state index in [-0.39, 0.29) is 0 Å². The molecule has 1 aliphatic rings. The first kappa shape index (κ1) is 13.2. The summed E-state index contributed by atoms with van der Waals surface area (Å²) in [6.45, 7) is 3.45. The molecule has 1 aliphatic heterocycles. The lowest BCUT2D eigenvalue weighted by atomic mass is 10.1. The van der Waals surface area contributed by atoms with E-state index in [1.54, 1.807) is 13.8 Å². The van der Waals surface area contributed by atoms with Crippen LogP contribution in [0.15, 0.2) is 35.3 Å². The maximum atomic E-state index is 12.3. The van der Waals surface area contributed by atoms with Crippen molar-refractivity contribution in [2.24, 2.45) is 4.99 Å². The zero-order chi connectivity index (χ0) is 13.4. The molecule has 0 saturated heterocycles. The topological polar surface area (TPSA) is 54.0 Å². The minimum absolute atomic E-state index is 0.494. The molecule has 0 fully saturated rings. The summed E-state index contributed by atoms with van der Waals surface area (Å²) in [7, 11) is 2.88. The summed E-state index contributed by atoms with van der Waals surface area (Å²) >= 11 is 0. The Labute approximate surface area is 107 Å². The summed E-state index contributed by atoms with van der Waals surface area (Å²) < 4.78 is 10.6. The number of benzene rings is 1. The summed E-state index contributed by atoms with van der Waals surface area (Å²) in [6.07, 6.45) is 0. The first-order valence-corrected chi connectivity index (χ1v) is 5.71. The molecule has 18 heavy (non-hydrogen) atoms. The Morgan fingerprint density at radius 2 is 1.67 bits per heavy atom. The zero-order valence-corrected chi connectivity index (χ0v) is 11.0. The first-order chi connectivity index (χ1) is 8.48. The molecule has 1 aromatic rings. The zero-order valence-electron chi connectivity index (χ0n) is 11.0. The molecular weight excluding hydrogens is 232 g/mol. The number of aliphatic imine (C=N–C) groups is 1. The Hall–Kier alpha value is -1.27. The molecule has 1 aromatic carbocycles. The molecule has 97 valence electrons. The summed E-state index contributed by atoms with van der Waals surface area (Å²) in [5.41, 5.74) is 0.387. The van der Waals surface area contributed by atoms with Gasteiger partial charge in [0.25, 0.3) is 0 Å². The van der Waals surface area contributed by atoms with E-state index in [0.29, 0.717) is 5.71 Å². The van der Waals surface area contributed by atoms with Crippen molar-refractivity contribution in [3.05, 3.63) is 35.9 Å². The molecule has 5 nitrogen and oxygen atoms in total. The molecule has 1 heterocycles. The summed E-state index contributed by atoms with van der Waals surface area (Å²) in [5.74, 6) is -1.48. The van der Waals surface area contributed by atoms with Crippen LogP contribution in [0.2, 0.25) is 0 Å². The van der Waals surface area contributed by atoms with Crippen molar-refractivity contribution in [3.63, 3.8) is 0 Å². The van der Waals surface area contributed by atoms with E-state index >= 15 is 0 Å². The fraction of sp³-hybridized carbons (Fsp3) is 0.462. The number of ether oxygens (including phenoxy) is 2. The van der Waals surface area contributed by atoms with Gasteiger partial charge in [0.1, 0.15) is 11.4 Å². The standard InChI is InChI=1S/C13H17N2O3/c1-12(2)14-11(10-8-6-5-7-9-10)13(17-3,18-4)15(12)16/h5-9H,1-4H3. The van der Waals surface area contributed by atoms with Crippen LogP contribution in [-0.2, 0) is 14.7 Å². The second-order valence-electron chi connectivity index (χ2n) is 4.61. The Kier molecular flexibility index (Phi) is 3.25. The number of methoxy groups -OCH3 is 2. The lowest BCUT2D eigenvalue weighted by Gasteiger charge is -2.34. The largest absolute Gasteiger partial charge is 0.334 e. The SMILES string of the molecule is COC1(OC)C(c2ccccc2)=NC(C)(C)N1[O]. The molecule has 0 N–H and O–H groups in total. The van der Waals surface area contributed by atoms with E-state index in [1.807, 2.05) is 30.3 Å². The minimum atomic E-state index is -1.48. The minimum Gasteiger partial charge on any atom is -0.334 e. The van der Waals surface area contributed by atoms with Crippen LogP contribution in [-0.4, -0.2) is 36.6 Å². The molecule has 0 aliphatic carbocycles. The Morgan fingerprint density at radius 1 is 1.11 bits per heavy atom. The molecule has 0 bridgehead atoms. The molecule has 0 saturated carbocycles. The van der Waals surface area contributed by atoms with Gasteiger partial charge >= 0.3 is 5.91 Å². The summed E-state index contributed by atoms with van der Waals surface area (Å²) in [6, 6.07) is 9.42. The van der Waals surface area contributed by atoms with E-state index in [2.05, 4.69) is 4.99 Å². The molecule has 0 unspecified atom stereocenters. The molecule has 0 amide bonds. The van der Waals surface area contributed by atoms with E-state index in [9.17, 15) is 5.21 Å². The lowest BCUT2D eigenvalue weighted by Crippen LogP contribution is -2.56. The third-order valence-corrected chi connectivity index (χ3v) is 3.05. The number of hydroxylamine groups is 2. The fourth-order valence-electron chi connectivity index (χ4n) is 2.13. The average Bonchev–Trinajstić information content (AvgIpc) is 2.60. The number of nitrogens with zero attached hydrogens (tertiary/aromatic N) is 2. The first-order valence-electron chi connectivity index (χ1n) is 5.71. The van der Waals surface area contributed by atoms with Gasteiger partial charge in [-0.1, -0.05) is 35.4 Å². The van der Waals surface area contributed by atoms with Crippen LogP contribution in [0.3, 0.4) is 0 Å². The molecular formula is C13H17N2O3. The van der Waals surface area contributed by atoms with Crippen molar-refractivity contribution in [3.8, 4) is 0 Å².